The number of rotatable bonds is 22. The van der Waals surface area contributed by atoms with Crippen molar-refractivity contribution in [2.24, 2.45) is 11.7 Å². The molecule has 0 saturated heterocycles. The molecule has 4 atom stereocenters. The summed E-state index contributed by atoms with van der Waals surface area (Å²) in [5, 5.41) is 25.0. The molecule has 4 aromatic rings. The van der Waals surface area contributed by atoms with Crippen molar-refractivity contribution in [2.75, 3.05) is 33.0 Å². The van der Waals surface area contributed by atoms with Crippen LogP contribution in [-0.4, -0.2) is 112 Å². The van der Waals surface area contributed by atoms with Crippen LogP contribution in [0.5, 0.6) is 0 Å². The third-order valence-corrected chi connectivity index (χ3v) is 14.5. The number of fused-ring (bicyclic) bond motifs is 5. The summed E-state index contributed by atoms with van der Waals surface area (Å²) in [5.41, 5.74) is 6.12. The van der Waals surface area contributed by atoms with Crippen molar-refractivity contribution in [1.82, 2.24) is 41.0 Å². The number of nitrogens with one attached hydrogen (secondary N) is 5. The first-order valence-corrected chi connectivity index (χ1v) is 24.9. The summed E-state index contributed by atoms with van der Waals surface area (Å²) in [6, 6.07) is 10.4. The maximum Gasteiger partial charge on any atom is 0.343 e. The van der Waals surface area contributed by atoms with Crippen LogP contribution in [0.1, 0.15) is 91.3 Å². The van der Waals surface area contributed by atoms with Crippen LogP contribution in [0, 0.1) is 18.7 Å². The van der Waals surface area contributed by atoms with E-state index in [2.05, 4.69) is 26.6 Å². The van der Waals surface area contributed by atoms with E-state index >= 15 is 4.39 Å². The number of halogens is 1. The lowest BCUT2D eigenvalue weighted by atomic mass is 9.74. The van der Waals surface area contributed by atoms with Crippen LogP contribution in [-0.2, 0) is 89.8 Å². The smallest absolute Gasteiger partial charge is 0.343 e. The van der Waals surface area contributed by atoms with Gasteiger partial charge in [-0.3, -0.25) is 48.1 Å². The van der Waals surface area contributed by atoms with E-state index in [9.17, 15) is 53.1 Å². The number of benzene rings is 2. The minimum absolute atomic E-state index is 0.0175. The van der Waals surface area contributed by atoms with Crippen LogP contribution in [0.3, 0.4) is 0 Å². The predicted octanol–water partition coefficient (Wildman–Crippen LogP) is 0.442. The number of primary amides is 1. The SMILES string of the molecule is CC[C@@]1(O)C(=O)OCc2c1cc1n(c2=O)Cc2c-1nc1cc(F)c(C)c3c1c2[C@@](C)(NC(=O)COCNC(=O)CNC(=O)[C@H](Cc1ccccc1)NC(=O)CNC(=O)CC(CCCCN1C(=O)C=CC1=O)C(N)=O)CC3. The molecule has 2 aromatic carbocycles. The number of aryl methyl sites for hydroxylation is 1. The number of carbonyl (C=O) groups is 9. The second-order valence-electron chi connectivity index (χ2n) is 19.5. The molecule has 1 aliphatic carbocycles. The van der Waals surface area contributed by atoms with E-state index < -0.39 is 114 Å². The van der Waals surface area contributed by atoms with Crippen LogP contribution >= 0.6 is 0 Å². The molecule has 8 amide bonds. The van der Waals surface area contributed by atoms with E-state index in [-0.39, 0.29) is 56.5 Å². The van der Waals surface area contributed by atoms with Crippen molar-refractivity contribution in [1.29, 1.82) is 0 Å². The van der Waals surface area contributed by atoms with Crippen LogP contribution in [0.4, 0.5) is 4.39 Å². The number of nitrogens with zero attached hydrogens (tertiary/aromatic N) is 3. The number of hydrogen-bond acceptors (Lipinski definition) is 14. The molecule has 8 N–H and O–H groups in total. The standard InChI is InChI=1S/C53H58FN9O13/c1-4-53(74)34-20-38-47-32(24-63(38)50(72)33(34)25-76-51(53)73)46-45-31(28(2)35(54)21-36(45)60-47)15-16-52(46,3)61-42(67)26-75-27-58-40(65)22-57-49(71)37(18-29-10-6-5-7-11-29)59-41(66)23-56-39(64)19-30(48(55)70)12-8-9-17-62-43(68)13-14-44(62)69/h5-7,10-11,13-14,20-21,30,37,74H,4,8-9,12,15-19,22-27H2,1-3H3,(H2,55,70)(H,56,64)(H,57,71)(H,58,65)(H,59,66)(H,61,67)/t30?,37-,52-,53-/m0/s1. The topological polar surface area (TPSA) is 317 Å². The van der Waals surface area contributed by atoms with Gasteiger partial charge >= 0.3 is 5.97 Å². The average Bonchev–Trinajstić information content (AvgIpc) is 4.01. The number of ether oxygens (including phenoxy) is 2. The maximum atomic E-state index is 15.5. The Labute approximate surface area is 434 Å². The van der Waals surface area contributed by atoms with Gasteiger partial charge < -0.3 is 51.5 Å². The van der Waals surface area contributed by atoms with E-state index in [1.54, 1.807) is 50.2 Å². The van der Waals surface area contributed by atoms with Crippen molar-refractivity contribution < 1.29 is 62.1 Å². The Bertz CT molecular complexity index is 3160. The first kappa shape index (κ1) is 54.1. The fourth-order valence-corrected chi connectivity index (χ4v) is 10.3. The van der Waals surface area contributed by atoms with E-state index in [4.69, 9.17) is 20.2 Å². The number of pyridine rings is 2. The van der Waals surface area contributed by atoms with Crippen molar-refractivity contribution in [3.8, 4) is 11.4 Å². The molecule has 4 aliphatic rings. The van der Waals surface area contributed by atoms with Gasteiger partial charge in [0.05, 0.1) is 47.6 Å². The first-order chi connectivity index (χ1) is 36.2. The van der Waals surface area contributed by atoms with Gasteiger partial charge in [0.15, 0.2) is 5.60 Å². The summed E-state index contributed by atoms with van der Waals surface area (Å²) < 4.78 is 27.7. The number of amides is 8. The van der Waals surface area contributed by atoms with Crippen molar-refractivity contribution in [3.05, 3.63) is 110 Å². The zero-order valence-electron chi connectivity index (χ0n) is 42.1. The molecule has 400 valence electrons. The second-order valence-corrected chi connectivity index (χ2v) is 19.5. The number of aliphatic hydroxyl groups is 1. The predicted molar refractivity (Wildman–Crippen MR) is 267 cm³/mol. The molecular weight excluding hydrogens is 990 g/mol. The van der Waals surface area contributed by atoms with E-state index in [0.29, 0.717) is 75.8 Å². The number of carbonyl (C=O) groups excluding carboxylic acids is 9. The number of hydrogen-bond donors (Lipinski definition) is 7. The minimum Gasteiger partial charge on any atom is -0.458 e. The molecule has 0 spiro atoms. The molecular formula is C53H58FN9O13. The normalized spacial score (nSPS) is 18.8. The molecule has 22 nitrogen and oxygen atoms in total. The molecule has 0 saturated carbocycles. The van der Waals surface area contributed by atoms with E-state index in [0.717, 1.165) is 4.90 Å². The fourth-order valence-electron chi connectivity index (χ4n) is 10.3. The summed E-state index contributed by atoms with van der Waals surface area (Å²) >= 11 is 0. The number of nitrogens with two attached hydrogens (primary N) is 1. The van der Waals surface area contributed by atoms with Gasteiger partial charge in [0, 0.05) is 60.0 Å². The molecule has 23 heteroatoms. The second kappa shape index (κ2) is 22.3. The van der Waals surface area contributed by atoms with Gasteiger partial charge in [0.25, 0.3) is 17.4 Å². The Hall–Kier alpha value is -8.18. The molecule has 1 unspecified atom stereocenters. The lowest BCUT2D eigenvalue weighted by Crippen LogP contribution is -2.52. The highest BCUT2D eigenvalue weighted by atomic mass is 19.1. The monoisotopic (exact) mass is 1050 g/mol. The van der Waals surface area contributed by atoms with Crippen molar-refractivity contribution >= 4 is 64.1 Å². The van der Waals surface area contributed by atoms with Gasteiger partial charge in [-0.15, -0.1) is 0 Å². The summed E-state index contributed by atoms with van der Waals surface area (Å²) in [6.07, 6.45) is 3.65. The van der Waals surface area contributed by atoms with Gasteiger partial charge in [0.2, 0.25) is 35.4 Å². The van der Waals surface area contributed by atoms with Gasteiger partial charge in [-0.25, -0.2) is 14.2 Å². The zero-order valence-corrected chi connectivity index (χ0v) is 42.1. The van der Waals surface area contributed by atoms with E-state index in [1.165, 1.54) is 22.8 Å². The molecule has 8 rings (SSSR count). The van der Waals surface area contributed by atoms with E-state index in [1.807, 2.05) is 6.92 Å². The number of esters is 1. The first-order valence-electron chi connectivity index (χ1n) is 24.9. The number of unbranched alkanes of at least 4 members (excludes halogenated alkanes) is 1. The van der Waals surface area contributed by atoms with Gasteiger partial charge in [0.1, 0.15) is 31.8 Å². The van der Waals surface area contributed by atoms with Gasteiger partial charge in [-0.05, 0) is 74.3 Å². The lowest BCUT2D eigenvalue weighted by Gasteiger charge is -2.38. The third-order valence-electron chi connectivity index (χ3n) is 14.5. The molecule has 0 fully saturated rings. The highest BCUT2D eigenvalue weighted by Gasteiger charge is 2.47. The number of imide groups is 1. The molecule has 0 radical (unpaired) electrons. The Kier molecular flexibility index (Phi) is 15.9. The van der Waals surface area contributed by atoms with Gasteiger partial charge in [-0.2, -0.15) is 0 Å². The Morgan fingerprint density at radius 2 is 1.64 bits per heavy atom. The molecule has 2 aromatic heterocycles. The average molecular weight is 1050 g/mol. The Morgan fingerprint density at radius 1 is 0.921 bits per heavy atom. The quantitative estimate of drug-likeness (QED) is 0.0214. The Balaban J connectivity index is 0.844. The summed E-state index contributed by atoms with van der Waals surface area (Å²) in [6.45, 7) is 2.88. The third kappa shape index (κ3) is 11.1. The zero-order chi connectivity index (χ0) is 54.6. The lowest BCUT2D eigenvalue weighted by molar-refractivity contribution is -0.172. The van der Waals surface area contributed by atoms with Crippen molar-refractivity contribution in [3.63, 3.8) is 0 Å². The highest BCUT2D eigenvalue weighted by Crippen LogP contribution is 2.48. The largest absolute Gasteiger partial charge is 0.458 e. The minimum atomic E-state index is -2.06. The van der Waals surface area contributed by atoms with Crippen LogP contribution in [0.2, 0.25) is 0 Å². The highest BCUT2D eigenvalue weighted by molar-refractivity contribution is 6.12. The number of aromatic nitrogens is 2. The summed E-state index contributed by atoms with van der Waals surface area (Å²) in [7, 11) is 0. The Morgan fingerprint density at radius 3 is 2.36 bits per heavy atom. The molecule has 0 bridgehead atoms. The maximum absolute atomic E-state index is 15.5. The van der Waals surface area contributed by atoms with Gasteiger partial charge in [-0.1, -0.05) is 43.7 Å². The van der Waals surface area contributed by atoms with Crippen LogP contribution in [0.15, 0.2) is 59.4 Å². The number of cyclic esters (lactones) is 1. The van der Waals surface area contributed by atoms with Crippen LogP contribution < -0.4 is 37.9 Å². The molecule has 5 heterocycles. The molecule has 76 heavy (non-hydrogen) atoms. The van der Waals surface area contributed by atoms with Crippen LogP contribution in [0.25, 0.3) is 22.3 Å². The molecule has 3 aliphatic heterocycles. The summed E-state index contributed by atoms with van der Waals surface area (Å²) in [4.78, 5) is 134. The summed E-state index contributed by atoms with van der Waals surface area (Å²) in [5.74, 6) is -7.19. The fraction of sp³-hybridized carbons (Fsp3) is 0.415. The van der Waals surface area contributed by atoms with Crippen molar-refractivity contribution in [2.45, 2.75) is 102 Å².